The third kappa shape index (κ3) is 3.10. The molecule has 0 amide bonds. The smallest absolute Gasteiger partial charge is 0.123 e. The van der Waals surface area contributed by atoms with Gasteiger partial charge in [-0.05, 0) is 37.4 Å². The highest BCUT2D eigenvalue weighted by Gasteiger charge is 2.32. The molecular formula is C16H26N2O. The van der Waals surface area contributed by atoms with Crippen LogP contribution in [-0.2, 0) is 0 Å². The highest BCUT2D eigenvalue weighted by molar-refractivity contribution is 5.41. The van der Waals surface area contributed by atoms with E-state index in [0.29, 0.717) is 18.5 Å². The molecule has 106 valence electrons. The van der Waals surface area contributed by atoms with Gasteiger partial charge in [0.1, 0.15) is 5.75 Å². The van der Waals surface area contributed by atoms with E-state index < -0.39 is 0 Å². The van der Waals surface area contributed by atoms with E-state index in [2.05, 4.69) is 44.0 Å². The maximum Gasteiger partial charge on any atom is 0.123 e. The van der Waals surface area contributed by atoms with Crippen LogP contribution in [0.3, 0.4) is 0 Å². The fourth-order valence-corrected chi connectivity index (χ4v) is 2.62. The van der Waals surface area contributed by atoms with Gasteiger partial charge in [-0.2, -0.15) is 0 Å². The third-order valence-corrected chi connectivity index (χ3v) is 4.12. The van der Waals surface area contributed by atoms with Gasteiger partial charge in [-0.1, -0.05) is 26.0 Å². The summed E-state index contributed by atoms with van der Waals surface area (Å²) in [4.78, 5) is 2.40. The number of nitrogens with zero attached hydrogens (tertiary/aromatic N) is 1. The Hall–Kier alpha value is -1.06. The van der Waals surface area contributed by atoms with Gasteiger partial charge >= 0.3 is 0 Å². The molecule has 0 bridgehead atoms. The zero-order valence-corrected chi connectivity index (χ0v) is 12.5. The van der Waals surface area contributed by atoms with E-state index >= 15 is 0 Å². The molecule has 1 aliphatic rings. The number of likely N-dealkylation sites (N-methyl/N-ethyl adjacent to an activating group) is 1. The maximum absolute atomic E-state index is 6.02. The quantitative estimate of drug-likeness (QED) is 0.856. The SMILES string of the molecule is COc1ccc(C(C)C)cc1C(CN)N(C)C1CC1. The van der Waals surface area contributed by atoms with Gasteiger partial charge in [0, 0.05) is 18.2 Å². The van der Waals surface area contributed by atoms with Gasteiger partial charge < -0.3 is 10.5 Å². The van der Waals surface area contributed by atoms with E-state index in [1.165, 1.54) is 24.0 Å². The molecule has 3 heteroatoms. The van der Waals surface area contributed by atoms with E-state index in [9.17, 15) is 0 Å². The number of benzene rings is 1. The number of ether oxygens (including phenoxy) is 1. The third-order valence-electron chi connectivity index (χ3n) is 4.12. The highest BCUT2D eigenvalue weighted by atomic mass is 16.5. The van der Waals surface area contributed by atoms with Gasteiger partial charge in [-0.3, -0.25) is 4.90 Å². The van der Waals surface area contributed by atoms with Crippen molar-refractivity contribution in [3.63, 3.8) is 0 Å². The van der Waals surface area contributed by atoms with Gasteiger partial charge in [0.25, 0.3) is 0 Å². The van der Waals surface area contributed by atoms with Crippen LogP contribution in [0.15, 0.2) is 18.2 Å². The number of nitrogens with two attached hydrogens (primary N) is 1. The molecule has 2 N–H and O–H groups in total. The van der Waals surface area contributed by atoms with Gasteiger partial charge in [0.05, 0.1) is 13.2 Å². The zero-order chi connectivity index (χ0) is 14.0. The molecule has 0 saturated heterocycles. The van der Waals surface area contributed by atoms with Crippen LogP contribution in [0.25, 0.3) is 0 Å². The van der Waals surface area contributed by atoms with Gasteiger partial charge in [0.15, 0.2) is 0 Å². The first-order valence-electron chi connectivity index (χ1n) is 7.18. The van der Waals surface area contributed by atoms with E-state index in [4.69, 9.17) is 10.5 Å². The van der Waals surface area contributed by atoms with E-state index in [0.717, 1.165) is 5.75 Å². The largest absolute Gasteiger partial charge is 0.496 e. The molecule has 1 atom stereocenters. The molecule has 1 fully saturated rings. The fourth-order valence-electron chi connectivity index (χ4n) is 2.62. The second-order valence-electron chi connectivity index (χ2n) is 5.80. The Labute approximate surface area is 116 Å². The average Bonchev–Trinajstić information content (AvgIpc) is 3.23. The minimum atomic E-state index is 0.251. The molecule has 0 aliphatic heterocycles. The van der Waals surface area contributed by atoms with E-state index in [-0.39, 0.29) is 6.04 Å². The lowest BCUT2D eigenvalue weighted by atomic mass is 9.96. The van der Waals surface area contributed by atoms with Crippen molar-refractivity contribution in [1.82, 2.24) is 4.90 Å². The van der Waals surface area contributed by atoms with Crippen molar-refractivity contribution in [3.05, 3.63) is 29.3 Å². The molecule has 0 spiro atoms. The lowest BCUT2D eigenvalue weighted by Crippen LogP contribution is -2.32. The van der Waals surface area contributed by atoms with Crippen LogP contribution in [0.1, 0.15) is 49.8 Å². The molecule has 1 aromatic rings. The number of rotatable bonds is 6. The summed E-state index contributed by atoms with van der Waals surface area (Å²) in [6.07, 6.45) is 2.58. The summed E-state index contributed by atoms with van der Waals surface area (Å²) in [5.74, 6) is 1.47. The Kier molecular flexibility index (Phi) is 4.48. The van der Waals surface area contributed by atoms with Crippen LogP contribution in [0.2, 0.25) is 0 Å². The molecule has 0 radical (unpaired) electrons. The minimum Gasteiger partial charge on any atom is -0.496 e. The molecule has 0 heterocycles. The van der Waals surface area contributed by atoms with Gasteiger partial charge in [-0.15, -0.1) is 0 Å². The number of hydrogen-bond donors (Lipinski definition) is 1. The van der Waals surface area contributed by atoms with Crippen molar-refractivity contribution >= 4 is 0 Å². The summed E-state index contributed by atoms with van der Waals surface area (Å²) in [7, 11) is 3.91. The van der Waals surface area contributed by atoms with Crippen molar-refractivity contribution in [2.75, 3.05) is 20.7 Å². The van der Waals surface area contributed by atoms with Crippen molar-refractivity contribution in [2.45, 2.75) is 44.7 Å². The van der Waals surface area contributed by atoms with Crippen LogP contribution in [0, 0.1) is 0 Å². The Bertz CT molecular complexity index is 427. The second kappa shape index (κ2) is 5.93. The standard InChI is InChI=1S/C16H26N2O/c1-11(2)12-5-8-16(19-4)14(9-12)15(10-17)18(3)13-6-7-13/h5,8-9,11,13,15H,6-7,10,17H2,1-4H3. The number of hydrogen-bond acceptors (Lipinski definition) is 3. The molecule has 1 unspecified atom stereocenters. The summed E-state index contributed by atoms with van der Waals surface area (Å²) in [5, 5.41) is 0. The molecule has 1 saturated carbocycles. The minimum absolute atomic E-state index is 0.251. The van der Waals surface area contributed by atoms with Crippen LogP contribution in [-0.4, -0.2) is 31.6 Å². The predicted octanol–water partition coefficient (Wildman–Crippen LogP) is 2.91. The second-order valence-corrected chi connectivity index (χ2v) is 5.80. The van der Waals surface area contributed by atoms with Crippen LogP contribution < -0.4 is 10.5 Å². The van der Waals surface area contributed by atoms with Gasteiger partial charge in [0.2, 0.25) is 0 Å². The Balaban J connectivity index is 2.35. The normalized spacial score (nSPS) is 17.0. The van der Waals surface area contributed by atoms with Crippen molar-refractivity contribution in [3.8, 4) is 5.75 Å². The molecule has 19 heavy (non-hydrogen) atoms. The zero-order valence-electron chi connectivity index (χ0n) is 12.5. The first kappa shape index (κ1) is 14.4. The Morgan fingerprint density at radius 2 is 2.05 bits per heavy atom. The Morgan fingerprint density at radius 3 is 2.53 bits per heavy atom. The molecule has 1 aliphatic carbocycles. The Morgan fingerprint density at radius 1 is 1.37 bits per heavy atom. The first-order chi connectivity index (χ1) is 9.08. The van der Waals surface area contributed by atoms with Crippen molar-refractivity contribution in [1.29, 1.82) is 0 Å². The summed E-state index contributed by atoms with van der Waals surface area (Å²) in [5.41, 5.74) is 8.60. The monoisotopic (exact) mass is 262 g/mol. The molecular weight excluding hydrogens is 236 g/mol. The highest BCUT2D eigenvalue weighted by Crippen LogP contribution is 2.36. The summed E-state index contributed by atoms with van der Waals surface area (Å²) < 4.78 is 5.53. The first-order valence-corrected chi connectivity index (χ1v) is 7.18. The average molecular weight is 262 g/mol. The topological polar surface area (TPSA) is 38.5 Å². The maximum atomic E-state index is 6.02. The van der Waals surface area contributed by atoms with Gasteiger partial charge in [-0.25, -0.2) is 0 Å². The van der Waals surface area contributed by atoms with Crippen LogP contribution >= 0.6 is 0 Å². The lowest BCUT2D eigenvalue weighted by molar-refractivity contribution is 0.234. The van der Waals surface area contributed by atoms with Crippen LogP contribution in [0.4, 0.5) is 0 Å². The van der Waals surface area contributed by atoms with E-state index in [1.807, 2.05) is 0 Å². The summed E-state index contributed by atoms with van der Waals surface area (Å²) in [6, 6.07) is 7.44. The molecule has 2 rings (SSSR count). The molecule has 1 aromatic carbocycles. The molecule has 3 nitrogen and oxygen atoms in total. The van der Waals surface area contributed by atoms with Crippen LogP contribution in [0.5, 0.6) is 5.75 Å². The predicted molar refractivity (Wildman–Crippen MR) is 79.7 cm³/mol. The lowest BCUT2D eigenvalue weighted by Gasteiger charge is -2.29. The van der Waals surface area contributed by atoms with E-state index in [1.54, 1.807) is 7.11 Å². The van der Waals surface area contributed by atoms with Crippen molar-refractivity contribution in [2.24, 2.45) is 5.73 Å². The fraction of sp³-hybridized carbons (Fsp3) is 0.625. The molecule has 0 aromatic heterocycles. The summed E-state index contributed by atoms with van der Waals surface area (Å²) in [6.45, 7) is 5.06. The summed E-state index contributed by atoms with van der Waals surface area (Å²) >= 11 is 0. The van der Waals surface area contributed by atoms with Crippen molar-refractivity contribution < 1.29 is 4.74 Å². The number of methoxy groups -OCH3 is 1.